The van der Waals surface area contributed by atoms with E-state index in [0.717, 1.165) is 22.6 Å². The lowest BCUT2D eigenvalue weighted by Crippen LogP contribution is -2.24. The third kappa shape index (κ3) is 4.65. The lowest BCUT2D eigenvalue weighted by molar-refractivity contribution is -0.147. The summed E-state index contributed by atoms with van der Waals surface area (Å²) in [4.78, 5) is 16.8. The molecule has 1 aliphatic heterocycles. The molecule has 0 N–H and O–H groups in total. The summed E-state index contributed by atoms with van der Waals surface area (Å²) in [7, 11) is 3.18. The smallest absolute Gasteiger partial charge is 0.344 e. The van der Waals surface area contributed by atoms with Gasteiger partial charge in [0.05, 0.1) is 25.5 Å². The standard InChI is InChI=1S/C24H25NO6S/c1-24(2)11-15-7-5-10-19(21(15)31-24)29-13-20(26)30-12-16-14-32-23(25-16)17-8-6-9-18(27-3)22(17)28-4/h5-10,14H,11-13H2,1-4H3. The predicted molar refractivity (Wildman–Crippen MR) is 121 cm³/mol. The molecule has 0 saturated heterocycles. The van der Waals surface area contributed by atoms with E-state index in [1.807, 2.05) is 49.6 Å². The molecule has 168 valence electrons. The Labute approximate surface area is 190 Å². The second-order valence-electron chi connectivity index (χ2n) is 7.92. The lowest BCUT2D eigenvalue weighted by Gasteiger charge is -2.18. The molecule has 32 heavy (non-hydrogen) atoms. The Bertz CT molecular complexity index is 1120. The van der Waals surface area contributed by atoms with E-state index >= 15 is 0 Å². The Morgan fingerprint density at radius 3 is 2.69 bits per heavy atom. The second kappa shape index (κ2) is 9.08. The van der Waals surface area contributed by atoms with Crippen LogP contribution in [0, 0.1) is 0 Å². The van der Waals surface area contributed by atoms with Crippen molar-refractivity contribution in [2.45, 2.75) is 32.5 Å². The van der Waals surface area contributed by atoms with E-state index in [2.05, 4.69) is 4.98 Å². The third-order valence-corrected chi connectivity index (χ3v) is 5.89. The maximum Gasteiger partial charge on any atom is 0.344 e. The first-order valence-electron chi connectivity index (χ1n) is 10.2. The van der Waals surface area contributed by atoms with Crippen molar-refractivity contribution in [2.75, 3.05) is 20.8 Å². The SMILES string of the molecule is COc1cccc(-c2nc(COC(=O)COc3cccc4c3OC(C)(C)C4)cs2)c1OC. The molecule has 0 amide bonds. The molecular formula is C24H25NO6S. The first-order chi connectivity index (χ1) is 15.4. The number of aromatic nitrogens is 1. The van der Waals surface area contributed by atoms with E-state index in [4.69, 9.17) is 23.7 Å². The summed E-state index contributed by atoms with van der Waals surface area (Å²) in [6.45, 7) is 3.89. The van der Waals surface area contributed by atoms with Gasteiger partial charge in [-0.25, -0.2) is 9.78 Å². The predicted octanol–water partition coefficient (Wildman–Crippen LogP) is 4.66. The van der Waals surface area contributed by atoms with Crippen molar-refractivity contribution in [3.63, 3.8) is 0 Å². The van der Waals surface area contributed by atoms with Gasteiger partial charge in [-0.2, -0.15) is 0 Å². The van der Waals surface area contributed by atoms with E-state index in [-0.39, 0.29) is 18.8 Å². The Morgan fingerprint density at radius 2 is 1.91 bits per heavy atom. The molecule has 0 bridgehead atoms. The number of para-hydroxylation sites is 2. The number of hydrogen-bond acceptors (Lipinski definition) is 8. The lowest BCUT2D eigenvalue weighted by atomic mass is 10.0. The van der Waals surface area contributed by atoms with Gasteiger partial charge in [0.15, 0.2) is 29.6 Å². The quantitative estimate of drug-likeness (QED) is 0.457. The van der Waals surface area contributed by atoms with E-state index in [0.29, 0.717) is 28.7 Å². The molecular weight excluding hydrogens is 430 g/mol. The van der Waals surface area contributed by atoms with Crippen molar-refractivity contribution in [1.29, 1.82) is 0 Å². The molecule has 1 aromatic heterocycles. The molecule has 0 unspecified atom stereocenters. The van der Waals surface area contributed by atoms with Crippen LogP contribution in [0.3, 0.4) is 0 Å². The Morgan fingerprint density at radius 1 is 1.12 bits per heavy atom. The number of thiazole rings is 1. The number of rotatable bonds is 8. The molecule has 8 heteroatoms. The molecule has 3 aromatic rings. The maximum absolute atomic E-state index is 12.2. The average Bonchev–Trinajstić information content (AvgIpc) is 3.38. The first kappa shape index (κ1) is 22.0. The van der Waals surface area contributed by atoms with Crippen LogP contribution in [0.2, 0.25) is 0 Å². The van der Waals surface area contributed by atoms with E-state index in [1.165, 1.54) is 11.3 Å². The molecule has 4 rings (SSSR count). The number of nitrogens with zero attached hydrogens (tertiary/aromatic N) is 1. The largest absolute Gasteiger partial charge is 0.493 e. The topological polar surface area (TPSA) is 76.1 Å². The van der Waals surface area contributed by atoms with Gasteiger partial charge in [-0.15, -0.1) is 11.3 Å². The first-order valence-corrected chi connectivity index (χ1v) is 11.0. The molecule has 0 spiro atoms. The van der Waals surface area contributed by atoms with Crippen LogP contribution in [-0.2, 0) is 22.6 Å². The van der Waals surface area contributed by atoms with Crippen LogP contribution >= 0.6 is 11.3 Å². The number of hydrogen-bond donors (Lipinski definition) is 0. The van der Waals surface area contributed by atoms with Crippen molar-refractivity contribution in [2.24, 2.45) is 0 Å². The van der Waals surface area contributed by atoms with Gasteiger partial charge in [-0.3, -0.25) is 0 Å². The molecule has 0 radical (unpaired) electrons. The number of carbonyl (C=O) groups excluding carboxylic acids is 1. The Hall–Kier alpha value is -3.26. The number of carbonyl (C=O) groups is 1. The molecule has 1 aliphatic rings. The highest BCUT2D eigenvalue weighted by Gasteiger charge is 2.32. The van der Waals surface area contributed by atoms with Crippen LogP contribution in [-0.4, -0.2) is 37.4 Å². The minimum atomic E-state index is -0.478. The van der Waals surface area contributed by atoms with Crippen molar-refractivity contribution >= 4 is 17.3 Å². The van der Waals surface area contributed by atoms with Crippen LogP contribution in [0.4, 0.5) is 0 Å². The fourth-order valence-corrected chi connectivity index (χ4v) is 4.41. The number of benzene rings is 2. The van der Waals surface area contributed by atoms with Crippen molar-refractivity contribution < 1.29 is 28.5 Å². The third-order valence-electron chi connectivity index (χ3n) is 4.97. The summed E-state index contributed by atoms with van der Waals surface area (Å²) in [5.74, 6) is 2.01. The van der Waals surface area contributed by atoms with Crippen LogP contribution in [0.1, 0.15) is 25.1 Å². The van der Waals surface area contributed by atoms with Crippen LogP contribution < -0.4 is 18.9 Å². The molecule has 7 nitrogen and oxygen atoms in total. The van der Waals surface area contributed by atoms with Gasteiger partial charge in [0, 0.05) is 17.4 Å². The van der Waals surface area contributed by atoms with Crippen molar-refractivity contribution in [1.82, 2.24) is 4.98 Å². The fourth-order valence-electron chi connectivity index (χ4n) is 3.59. The van der Waals surface area contributed by atoms with Gasteiger partial charge in [-0.1, -0.05) is 18.2 Å². The highest BCUT2D eigenvalue weighted by atomic mass is 32.1. The van der Waals surface area contributed by atoms with E-state index in [9.17, 15) is 4.79 Å². The number of ether oxygens (including phenoxy) is 5. The highest BCUT2D eigenvalue weighted by molar-refractivity contribution is 7.13. The zero-order valence-electron chi connectivity index (χ0n) is 18.5. The van der Waals surface area contributed by atoms with Crippen LogP contribution in [0.15, 0.2) is 41.8 Å². The second-order valence-corrected chi connectivity index (χ2v) is 8.78. The summed E-state index contributed by atoms with van der Waals surface area (Å²) in [5.41, 5.74) is 2.26. The summed E-state index contributed by atoms with van der Waals surface area (Å²) in [6.07, 6.45) is 0.800. The zero-order valence-corrected chi connectivity index (χ0v) is 19.3. The molecule has 2 heterocycles. The Balaban J connectivity index is 1.35. The van der Waals surface area contributed by atoms with Gasteiger partial charge >= 0.3 is 5.97 Å². The van der Waals surface area contributed by atoms with Gasteiger partial charge in [-0.05, 0) is 32.0 Å². The molecule has 0 fully saturated rings. The molecule has 0 aliphatic carbocycles. The number of esters is 1. The summed E-state index contributed by atoms with van der Waals surface area (Å²) in [5, 5.41) is 2.60. The monoisotopic (exact) mass is 455 g/mol. The van der Waals surface area contributed by atoms with E-state index in [1.54, 1.807) is 20.3 Å². The summed E-state index contributed by atoms with van der Waals surface area (Å²) >= 11 is 1.44. The normalized spacial score (nSPS) is 13.8. The van der Waals surface area contributed by atoms with Crippen LogP contribution in [0.5, 0.6) is 23.0 Å². The van der Waals surface area contributed by atoms with Gasteiger partial charge < -0.3 is 23.7 Å². The van der Waals surface area contributed by atoms with Crippen molar-refractivity contribution in [3.05, 3.63) is 53.0 Å². The van der Waals surface area contributed by atoms with Crippen LogP contribution in [0.25, 0.3) is 10.6 Å². The van der Waals surface area contributed by atoms with Gasteiger partial charge in [0.2, 0.25) is 0 Å². The van der Waals surface area contributed by atoms with E-state index < -0.39 is 5.97 Å². The Kier molecular flexibility index (Phi) is 6.23. The highest BCUT2D eigenvalue weighted by Crippen LogP contribution is 2.42. The van der Waals surface area contributed by atoms with Gasteiger partial charge in [0.1, 0.15) is 17.2 Å². The molecule has 0 atom stereocenters. The minimum absolute atomic E-state index is 0.0569. The average molecular weight is 456 g/mol. The number of fused-ring (bicyclic) bond motifs is 1. The summed E-state index contributed by atoms with van der Waals surface area (Å²) < 4.78 is 27.8. The van der Waals surface area contributed by atoms with Gasteiger partial charge in [0.25, 0.3) is 0 Å². The fraction of sp³-hybridized carbons (Fsp3) is 0.333. The minimum Gasteiger partial charge on any atom is -0.493 e. The zero-order chi connectivity index (χ0) is 22.7. The number of methoxy groups -OCH3 is 2. The van der Waals surface area contributed by atoms with Crippen molar-refractivity contribution in [3.8, 4) is 33.6 Å². The summed E-state index contributed by atoms with van der Waals surface area (Å²) in [6, 6.07) is 11.3. The molecule has 0 saturated carbocycles. The maximum atomic E-state index is 12.2. The molecule has 2 aromatic carbocycles.